The summed E-state index contributed by atoms with van der Waals surface area (Å²) in [5.41, 5.74) is 0. The third-order valence-corrected chi connectivity index (χ3v) is 4.56. The minimum Gasteiger partial charge on any atom is -0.378 e. The maximum atomic E-state index is 12.0. The molecule has 5 nitrogen and oxygen atoms in total. The molecule has 3 rings (SSSR count). The van der Waals surface area contributed by atoms with Gasteiger partial charge in [-0.2, -0.15) is 0 Å². The first-order chi connectivity index (χ1) is 10.1. The number of hydrogen-bond acceptors (Lipinski definition) is 3. The first-order valence-corrected chi connectivity index (χ1v) is 7.87. The van der Waals surface area contributed by atoms with Gasteiger partial charge in [0.1, 0.15) is 5.82 Å². The third-order valence-electron chi connectivity index (χ3n) is 3.85. The van der Waals surface area contributed by atoms with Crippen molar-refractivity contribution in [3.05, 3.63) is 22.3 Å². The molecule has 2 amide bonds. The second-order valence-electron chi connectivity index (χ2n) is 5.55. The number of hydrogen-bond donors (Lipinski definition) is 2. The Kier molecular flexibility index (Phi) is 4.52. The summed E-state index contributed by atoms with van der Waals surface area (Å²) in [4.78, 5) is 16.0. The number of nitrogens with one attached hydrogen (secondary N) is 2. The minimum atomic E-state index is -0.276. The third kappa shape index (κ3) is 3.99. The molecule has 1 saturated carbocycles. The van der Waals surface area contributed by atoms with Gasteiger partial charge in [-0.25, -0.2) is 9.78 Å². The van der Waals surface area contributed by atoms with Crippen LogP contribution in [0, 0.1) is 5.92 Å². The van der Waals surface area contributed by atoms with Gasteiger partial charge >= 0.3 is 6.03 Å². The van der Waals surface area contributed by atoms with Crippen molar-refractivity contribution in [1.82, 2.24) is 10.3 Å². The van der Waals surface area contributed by atoms with E-state index in [1.165, 1.54) is 25.1 Å². The normalized spacial score (nSPS) is 25.4. The average Bonchev–Trinajstić information content (AvgIpc) is 3.28. The summed E-state index contributed by atoms with van der Waals surface area (Å²) in [7, 11) is 0. The number of nitrogens with zero attached hydrogens (tertiary/aromatic N) is 1. The smallest absolute Gasteiger partial charge is 0.320 e. The molecule has 2 fully saturated rings. The topological polar surface area (TPSA) is 63.2 Å². The number of rotatable bonds is 3. The summed E-state index contributed by atoms with van der Waals surface area (Å²) in [6.45, 7) is 0.705. The van der Waals surface area contributed by atoms with Crippen molar-refractivity contribution in [1.29, 1.82) is 0 Å². The highest BCUT2D eigenvalue weighted by Gasteiger charge is 2.36. The van der Waals surface area contributed by atoms with Gasteiger partial charge < -0.3 is 10.1 Å². The number of pyridine rings is 1. The molecule has 21 heavy (non-hydrogen) atoms. The van der Waals surface area contributed by atoms with E-state index in [0.29, 0.717) is 34.5 Å². The fourth-order valence-electron chi connectivity index (χ4n) is 2.58. The van der Waals surface area contributed by atoms with Gasteiger partial charge in [-0.3, -0.25) is 5.32 Å². The van der Waals surface area contributed by atoms with Crippen LogP contribution >= 0.6 is 23.2 Å². The Hall–Kier alpha value is -1.04. The molecule has 1 aliphatic carbocycles. The molecule has 1 aliphatic heterocycles. The fourth-order valence-corrected chi connectivity index (χ4v) is 2.83. The van der Waals surface area contributed by atoms with Gasteiger partial charge in [-0.05, 0) is 31.6 Å². The van der Waals surface area contributed by atoms with Crippen LogP contribution in [0.15, 0.2) is 12.3 Å². The molecule has 1 aromatic heterocycles. The second-order valence-corrected chi connectivity index (χ2v) is 6.36. The highest BCUT2D eigenvalue weighted by molar-refractivity contribution is 6.42. The first kappa shape index (κ1) is 14.9. The van der Waals surface area contributed by atoms with Crippen LogP contribution in [0.25, 0.3) is 0 Å². The van der Waals surface area contributed by atoms with E-state index in [1.54, 1.807) is 0 Å². The van der Waals surface area contributed by atoms with E-state index in [-0.39, 0.29) is 12.1 Å². The number of urea groups is 1. The monoisotopic (exact) mass is 329 g/mol. The molecule has 2 N–H and O–H groups in total. The zero-order valence-corrected chi connectivity index (χ0v) is 13.0. The summed E-state index contributed by atoms with van der Waals surface area (Å²) in [5.74, 6) is 1.07. The van der Waals surface area contributed by atoms with Crippen LogP contribution in [0.3, 0.4) is 0 Å². The number of halogens is 2. The number of aromatic nitrogens is 1. The summed E-state index contributed by atoms with van der Waals surface area (Å²) >= 11 is 11.7. The van der Waals surface area contributed by atoms with Gasteiger partial charge in [0.25, 0.3) is 0 Å². The number of ether oxygens (including phenoxy) is 1. The molecular weight excluding hydrogens is 313 g/mol. The quantitative estimate of drug-likeness (QED) is 0.892. The predicted octanol–water partition coefficient (Wildman–Crippen LogP) is 3.47. The van der Waals surface area contributed by atoms with Crippen LogP contribution in [-0.4, -0.2) is 29.8 Å². The Labute approximate surface area is 133 Å². The van der Waals surface area contributed by atoms with Gasteiger partial charge in [-0.1, -0.05) is 23.2 Å². The zero-order valence-electron chi connectivity index (χ0n) is 11.4. The highest BCUT2D eigenvalue weighted by Crippen LogP contribution is 2.38. The summed E-state index contributed by atoms with van der Waals surface area (Å²) in [6.07, 6.45) is 5.93. The van der Waals surface area contributed by atoms with E-state index in [0.717, 1.165) is 12.8 Å². The molecule has 2 heterocycles. The van der Waals surface area contributed by atoms with Crippen molar-refractivity contribution in [2.24, 2.45) is 5.92 Å². The summed E-state index contributed by atoms with van der Waals surface area (Å²) in [5, 5.41) is 6.36. The standard InChI is InChI=1S/C14H17Cl2N3O2/c15-10-6-13(17-7-11(10)16)19-14(20)18-9-3-4-21-12(5-9)8-1-2-8/h6-9,12H,1-5H2,(H2,17,18,19,20)/t9-,12-/m1/s1. The molecule has 114 valence electrons. The van der Waals surface area contributed by atoms with Crippen LogP contribution in [0.2, 0.25) is 10.0 Å². The van der Waals surface area contributed by atoms with Crippen molar-refractivity contribution in [3.8, 4) is 0 Å². The number of carbonyl (C=O) groups excluding carboxylic acids is 1. The molecule has 0 spiro atoms. The number of amides is 2. The van der Waals surface area contributed by atoms with Crippen molar-refractivity contribution in [2.75, 3.05) is 11.9 Å². The molecule has 0 aromatic carbocycles. The lowest BCUT2D eigenvalue weighted by molar-refractivity contribution is -0.00889. The molecule has 2 aliphatic rings. The zero-order chi connectivity index (χ0) is 14.8. The molecule has 0 radical (unpaired) electrons. The van der Waals surface area contributed by atoms with E-state index in [4.69, 9.17) is 27.9 Å². The van der Waals surface area contributed by atoms with Crippen LogP contribution in [-0.2, 0) is 4.74 Å². The minimum absolute atomic E-state index is 0.145. The molecule has 1 aromatic rings. The lowest BCUT2D eigenvalue weighted by Gasteiger charge is -2.30. The van der Waals surface area contributed by atoms with Gasteiger partial charge in [-0.15, -0.1) is 0 Å². The van der Waals surface area contributed by atoms with Crippen LogP contribution in [0.4, 0.5) is 10.6 Å². The Bertz CT molecular complexity index is 537. The SMILES string of the molecule is O=C(Nc1cc(Cl)c(Cl)cn1)N[C@@H]1CCO[C@@H](C2CC2)C1. The molecule has 7 heteroatoms. The Morgan fingerprint density at radius 3 is 2.81 bits per heavy atom. The van der Waals surface area contributed by atoms with E-state index in [1.807, 2.05) is 0 Å². The van der Waals surface area contributed by atoms with E-state index >= 15 is 0 Å². The van der Waals surface area contributed by atoms with Crippen LogP contribution in [0.5, 0.6) is 0 Å². The Balaban J connectivity index is 1.52. The summed E-state index contributed by atoms with van der Waals surface area (Å²) < 4.78 is 5.74. The second kappa shape index (κ2) is 6.38. The molecule has 0 bridgehead atoms. The van der Waals surface area contributed by atoms with Gasteiger partial charge in [0.2, 0.25) is 0 Å². The lowest BCUT2D eigenvalue weighted by atomic mass is 10.0. The Morgan fingerprint density at radius 1 is 1.29 bits per heavy atom. The van der Waals surface area contributed by atoms with Gasteiger partial charge in [0.15, 0.2) is 0 Å². The lowest BCUT2D eigenvalue weighted by Crippen LogP contribution is -2.44. The van der Waals surface area contributed by atoms with Gasteiger partial charge in [0, 0.05) is 24.9 Å². The van der Waals surface area contributed by atoms with Crippen molar-refractivity contribution >= 4 is 35.1 Å². The number of carbonyl (C=O) groups is 1. The van der Waals surface area contributed by atoms with Crippen LogP contribution in [0.1, 0.15) is 25.7 Å². The summed E-state index contributed by atoms with van der Waals surface area (Å²) in [6, 6.07) is 1.40. The predicted molar refractivity (Wildman–Crippen MR) is 81.9 cm³/mol. The largest absolute Gasteiger partial charge is 0.378 e. The highest BCUT2D eigenvalue weighted by atomic mass is 35.5. The van der Waals surface area contributed by atoms with Crippen molar-refractivity contribution < 1.29 is 9.53 Å². The Morgan fingerprint density at radius 2 is 2.10 bits per heavy atom. The van der Waals surface area contributed by atoms with Crippen LogP contribution < -0.4 is 10.6 Å². The van der Waals surface area contributed by atoms with E-state index in [2.05, 4.69) is 15.6 Å². The molecule has 0 unspecified atom stereocenters. The average molecular weight is 330 g/mol. The van der Waals surface area contributed by atoms with Gasteiger partial charge in [0.05, 0.1) is 16.1 Å². The molecule has 1 saturated heterocycles. The first-order valence-electron chi connectivity index (χ1n) is 7.12. The molecular formula is C14H17Cl2N3O2. The van der Waals surface area contributed by atoms with Crippen molar-refractivity contribution in [3.63, 3.8) is 0 Å². The van der Waals surface area contributed by atoms with E-state index < -0.39 is 0 Å². The van der Waals surface area contributed by atoms with Crippen molar-refractivity contribution in [2.45, 2.75) is 37.8 Å². The fraction of sp³-hybridized carbons (Fsp3) is 0.571. The number of anilines is 1. The maximum Gasteiger partial charge on any atom is 0.320 e. The maximum absolute atomic E-state index is 12.0. The van der Waals surface area contributed by atoms with E-state index in [9.17, 15) is 4.79 Å². The molecule has 2 atom stereocenters.